The standard InChI is InChI=1S/C13H16N2O2/c1-9-8-11(16)4-5-12(9)15-13(17)14-7-6-10-2-3-10/h4-8,10,16H,2-3H2,1H3,(H2,14,15,17)/b7-6+. The molecule has 0 bridgehead atoms. The third kappa shape index (κ3) is 3.52. The van der Waals surface area contributed by atoms with E-state index < -0.39 is 0 Å². The summed E-state index contributed by atoms with van der Waals surface area (Å²) in [5, 5.41) is 14.6. The Morgan fingerprint density at radius 3 is 2.88 bits per heavy atom. The van der Waals surface area contributed by atoms with Crippen LogP contribution in [0.25, 0.3) is 0 Å². The molecule has 90 valence electrons. The number of amides is 2. The first kappa shape index (κ1) is 11.5. The average Bonchev–Trinajstić information content (AvgIpc) is 3.06. The number of hydrogen-bond donors (Lipinski definition) is 3. The van der Waals surface area contributed by atoms with Crippen molar-refractivity contribution < 1.29 is 9.90 Å². The van der Waals surface area contributed by atoms with E-state index in [1.165, 1.54) is 12.8 Å². The van der Waals surface area contributed by atoms with Gasteiger partial charge in [-0.1, -0.05) is 6.08 Å². The number of rotatable bonds is 3. The van der Waals surface area contributed by atoms with Gasteiger partial charge in [0.2, 0.25) is 0 Å². The highest BCUT2D eigenvalue weighted by atomic mass is 16.3. The SMILES string of the molecule is Cc1cc(O)ccc1NC(=O)N/C=C/C1CC1. The van der Waals surface area contributed by atoms with Crippen molar-refractivity contribution in [1.29, 1.82) is 0 Å². The van der Waals surface area contributed by atoms with E-state index in [1.54, 1.807) is 24.4 Å². The van der Waals surface area contributed by atoms with Crippen LogP contribution in [0.3, 0.4) is 0 Å². The van der Waals surface area contributed by atoms with Gasteiger partial charge < -0.3 is 15.7 Å². The average molecular weight is 232 g/mol. The second-order valence-electron chi connectivity index (χ2n) is 4.29. The number of phenolic OH excluding ortho intramolecular Hbond substituents is 1. The van der Waals surface area contributed by atoms with Crippen molar-refractivity contribution in [3.63, 3.8) is 0 Å². The number of anilines is 1. The number of urea groups is 1. The van der Waals surface area contributed by atoms with Gasteiger partial charge in [0, 0.05) is 11.9 Å². The highest BCUT2D eigenvalue weighted by Crippen LogP contribution is 2.29. The monoisotopic (exact) mass is 232 g/mol. The summed E-state index contributed by atoms with van der Waals surface area (Å²) in [6.45, 7) is 1.83. The summed E-state index contributed by atoms with van der Waals surface area (Å²) in [7, 11) is 0. The van der Waals surface area contributed by atoms with Gasteiger partial charge in [-0.3, -0.25) is 0 Å². The van der Waals surface area contributed by atoms with Crippen LogP contribution in [0.5, 0.6) is 5.75 Å². The lowest BCUT2D eigenvalue weighted by atomic mass is 10.2. The topological polar surface area (TPSA) is 61.4 Å². The number of carbonyl (C=O) groups excluding carboxylic acids is 1. The Balaban J connectivity index is 1.88. The summed E-state index contributed by atoms with van der Waals surface area (Å²) < 4.78 is 0. The maximum absolute atomic E-state index is 11.5. The Morgan fingerprint density at radius 2 is 2.24 bits per heavy atom. The molecule has 17 heavy (non-hydrogen) atoms. The number of carbonyl (C=O) groups is 1. The molecule has 1 fully saturated rings. The van der Waals surface area contributed by atoms with Gasteiger partial charge in [0.25, 0.3) is 0 Å². The molecule has 1 aromatic rings. The third-order valence-corrected chi connectivity index (χ3v) is 2.66. The van der Waals surface area contributed by atoms with Crippen molar-refractivity contribution >= 4 is 11.7 Å². The number of phenols is 1. The van der Waals surface area contributed by atoms with Crippen molar-refractivity contribution in [3.8, 4) is 5.75 Å². The summed E-state index contributed by atoms with van der Waals surface area (Å²) in [5.41, 5.74) is 1.52. The van der Waals surface area contributed by atoms with Crippen LogP contribution in [0, 0.1) is 12.8 Å². The predicted molar refractivity (Wildman–Crippen MR) is 66.9 cm³/mol. The van der Waals surface area contributed by atoms with E-state index in [0.717, 1.165) is 5.56 Å². The Kier molecular flexibility index (Phi) is 3.32. The molecule has 2 rings (SSSR count). The summed E-state index contributed by atoms with van der Waals surface area (Å²) in [6.07, 6.45) is 6.12. The van der Waals surface area contributed by atoms with Crippen molar-refractivity contribution in [2.45, 2.75) is 19.8 Å². The van der Waals surface area contributed by atoms with Gasteiger partial charge in [-0.15, -0.1) is 0 Å². The molecule has 4 nitrogen and oxygen atoms in total. The maximum Gasteiger partial charge on any atom is 0.323 e. The summed E-state index contributed by atoms with van der Waals surface area (Å²) >= 11 is 0. The zero-order valence-corrected chi connectivity index (χ0v) is 9.73. The molecule has 1 aromatic carbocycles. The van der Waals surface area contributed by atoms with E-state index in [1.807, 2.05) is 13.0 Å². The molecule has 2 amide bonds. The molecule has 0 heterocycles. The van der Waals surface area contributed by atoms with E-state index >= 15 is 0 Å². The largest absolute Gasteiger partial charge is 0.508 e. The normalized spacial score (nSPS) is 14.9. The number of nitrogens with one attached hydrogen (secondary N) is 2. The minimum Gasteiger partial charge on any atom is -0.508 e. The Morgan fingerprint density at radius 1 is 1.47 bits per heavy atom. The first-order chi connectivity index (χ1) is 8.15. The van der Waals surface area contributed by atoms with Crippen molar-refractivity contribution in [1.82, 2.24) is 5.32 Å². The lowest BCUT2D eigenvalue weighted by molar-refractivity contribution is 0.255. The van der Waals surface area contributed by atoms with Gasteiger partial charge in [0.15, 0.2) is 0 Å². The van der Waals surface area contributed by atoms with Crippen LogP contribution < -0.4 is 10.6 Å². The fourth-order valence-electron chi connectivity index (χ4n) is 1.50. The van der Waals surface area contributed by atoms with Crippen molar-refractivity contribution in [2.24, 2.45) is 5.92 Å². The van der Waals surface area contributed by atoms with Gasteiger partial charge in [0.05, 0.1) is 0 Å². The Labute approximate surface area is 100 Å². The van der Waals surface area contributed by atoms with Crippen LogP contribution in [0.1, 0.15) is 18.4 Å². The number of hydrogen-bond acceptors (Lipinski definition) is 2. The highest BCUT2D eigenvalue weighted by Gasteiger charge is 2.17. The van der Waals surface area contributed by atoms with Crippen LogP contribution in [-0.4, -0.2) is 11.1 Å². The molecule has 0 atom stereocenters. The minimum atomic E-state index is -0.268. The van der Waals surface area contributed by atoms with Gasteiger partial charge >= 0.3 is 6.03 Å². The molecule has 0 spiro atoms. The minimum absolute atomic E-state index is 0.196. The van der Waals surface area contributed by atoms with Gasteiger partial charge in [-0.25, -0.2) is 4.79 Å². The maximum atomic E-state index is 11.5. The number of aryl methyl sites for hydroxylation is 1. The van der Waals surface area contributed by atoms with Crippen LogP contribution in [0.2, 0.25) is 0 Å². The van der Waals surface area contributed by atoms with Crippen molar-refractivity contribution in [3.05, 3.63) is 36.0 Å². The lowest BCUT2D eigenvalue weighted by Crippen LogP contribution is -2.24. The fourth-order valence-corrected chi connectivity index (χ4v) is 1.50. The van der Waals surface area contributed by atoms with Gasteiger partial charge in [-0.2, -0.15) is 0 Å². The molecule has 0 radical (unpaired) electrons. The molecule has 0 unspecified atom stereocenters. The van der Waals surface area contributed by atoms with Crippen LogP contribution in [0.4, 0.5) is 10.5 Å². The van der Waals surface area contributed by atoms with Crippen LogP contribution >= 0.6 is 0 Å². The molecule has 3 N–H and O–H groups in total. The second kappa shape index (κ2) is 4.91. The molecular weight excluding hydrogens is 216 g/mol. The molecule has 0 saturated heterocycles. The molecular formula is C13H16N2O2. The van der Waals surface area contributed by atoms with Crippen LogP contribution in [-0.2, 0) is 0 Å². The Bertz CT molecular complexity index is 451. The predicted octanol–water partition coefficient (Wildman–Crippen LogP) is 2.75. The Hall–Kier alpha value is -1.97. The molecule has 1 saturated carbocycles. The molecule has 0 aromatic heterocycles. The smallest absolute Gasteiger partial charge is 0.323 e. The first-order valence-electron chi connectivity index (χ1n) is 5.69. The zero-order chi connectivity index (χ0) is 12.3. The summed E-state index contributed by atoms with van der Waals surface area (Å²) in [4.78, 5) is 11.5. The summed E-state index contributed by atoms with van der Waals surface area (Å²) in [5.74, 6) is 0.841. The van der Waals surface area contributed by atoms with Gasteiger partial charge in [-0.05, 0) is 49.4 Å². The van der Waals surface area contributed by atoms with Gasteiger partial charge in [0.1, 0.15) is 5.75 Å². The first-order valence-corrected chi connectivity index (χ1v) is 5.69. The molecule has 4 heteroatoms. The second-order valence-corrected chi connectivity index (χ2v) is 4.29. The van der Waals surface area contributed by atoms with E-state index in [9.17, 15) is 9.90 Å². The van der Waals surface area contributed by atoms with E-state index in [0.29, 0.717) is 11.6 Å². The molecule has 1 aliphatic rings. The zero-order valence-electron chi connectivity index (χ0n) is 9.73. The summed E-state index contributed by atoms with van der Waals surface area (Å²) in [6, 6.07) is 4.56. The number of allylic oxidation sites excluding steroid dienone is 1. The van der Waals surface area contributed by atoms with Crippen molar-refractivity contribution in [2.75, 3.05) is 5.32 Å². The van der Waals surface area contributed by atoms with E-state index in [-0.39, 0.29) is 11.8 Å². The molecule has 0 aliphatic heterocycles. The lowest BCUT2D eigenvalue weighted by Gasteiger charge is -2.08. The number of aromatic hydroxyl groups is 1. The van der Waals surface area contributed by atoms with Crippen LogP contribution in [0.15, 0.2) is 30.5 Å². The van der Waals surface area contributed by atoms with E-state index in [2.05, 4.69) is 10.6 Å². The number of benzene rings is 1. The fraction of sp³-hybridized carbons (Fsp3) is 0.308. The third-order valence-electron chi connectivity index (χ3n) is 2.66. The highest BCUT2D eigenvalue weighted by molar-refractivity contribution is 5.90. The molecule has 1 aliphatic carbocycles. The van der Waals surface area contributed by atoms with E-state index in [4.69, 9.17) is 0 Å². The quantitative estimate of drug-likeness (QED) is 0.702.